The number of carbonyl (C=O) groups excluding carboxylic acids is 2. The van der Waals surface area contributed by atoms with Crippen LogP contribution in [0.4, 0.5) is 16.2 Å². The summed E-state index contributed by atoms with van der Waals surface area (Å²) in [6.07, 6.45) is 0.363. The molecule has 0 unspecified atom stereocenters. The normalized spacial score (nSPS) is 17.1. The highest BCUT2D eigenvalue weighted by atomic mass is 16.7. The zero-order chi connectivity index (χ0) is 21.1. The van der Waals surface area contributed by atoms with Gasteiger partial charge in [0.1, 0.15) is 11.5 Å². The third-order valence-electron chi connectivity index (χ3n) is 5.03. The zero-order valence-electron chi connectivity index (χ0n) is 16.8. The summed E-state index contributed by atoms with van der Waals surface area (Å²) < 4.78 is 21.1. The lowest BCUT2D eigenvalue weighted by molar-refractivity contribution is -0.117. The van der Waals surface area contributed by atoms with Crippen molar-refractivity contribution in [2.75, 3.05) is 44.3 Å². The van der Waals surface area contributed by atoms with E-state index >= 15 is 0 Å². The van der Waals surface area contributed by atoms with Gasteiger partial charge in [-0.05, 0) is 12.1 Å². The van der Waals surface area contributed by atoms with Gasteiger partial charge in [-0.1, -0.05) is 0 Å². The van der Waals surface area contributed by atoms with Gasteiger partial charge in [-0.25, -0.2) is 4.79 Å². The molecule has 1 saturated heterocycles. The van der Waals surface area contributed by atoms with Crippen molar-refractivity contribution in [3.8, 4) is 23.0 Å². The van der Waals surface area contributed by atoms with Gasteiger partial charge in [0.25, 0.3) is 0 Å². The molecule has 0 bridgehead atoms. The Morgan fingerprint density at radius 1 is 1.10 bits per heavy atom. The third kappa shape index (κ3) is 4.19. The first-order valence-electron chi connectivity index (χ1n) is 9.53. The van der Waals surface area contributed by atoms with Crippen molar-refractivity contribution in [2.24, 2.45) is 5.92 Å². The Bertz CT molecular complexity index is 942. The Hall–Kier alpha value is -3.62. The first-order valence-corrected chi connectivity index (χ1v) is 9.53. The lowest BCUT2D eigenvalue weighted by Crippen LogP contribution is -2.34. The molecule has 0 aromatic heterocycles. The first-order chi connectivity index (χ1) is 14.6. The highest BCUT2D eigenvalue weighted by Gasteiger charge is 2.31. The quantitative estimate of drug-likeness (QED) is 0.756. The predicted octanol–water partition coefficient (Wildman–Crippen LogP) is 2.61. The van der Waals surface area contributed by atoms with Crippen molar-refractivity contribution < 1.29 is 28.5 Å². The molecule has 2 aliphatic rings. The van der Waals surface area contributed by atoms with Gasteiger partial charge in [-0.3, -0.25) is 4.79 Å². The number of rotatable bonds is 6. The number of carbonyl (C=O) groups is 2. The number of hydrogen-bond acceptors (Lipinski definition) is 6. The van der Waals surface area contributed by atoms with Crippen LogP contribution >= 0.6 is 0 Å². The van der Waals surface area contributed by atoms with E-state index in [0.29, 0.717) is 48.2 Å². The molecule has 0 spiro atoms. The van der Waals surface area contributed by atoms with Crippen molar-refractivity contribution in [2.45, 2.75) is 6.42 Å². The molecule has 2 aromatic carbocycles. The van der Waals surface area contributed by atoms with Crippen molar-refractivity contribution in [3.63, 3.8) is 0 Å². The minimum absolute atomic E-state index is 0.00789. The van der Waals surface area contributed by atoms with Crippen LogP contribution in [0.1, 0.15) is 6.42 Å². The second-order valence-corrected chi connectivity index (χ2v) is 7.05. The minimum atomic E-state index is -0.362. The molecule has 2 heterocycles. The van der Waals surface area contributed by atoms with Gasteiger partial charge >= 0.3 is 6.03 Å². The number of amides is 3. The summed E-state index contributed by atoms with van der Waals surface area (Å²) in [5.41, 5.74) is 1.31. The monoisotopic (exact) mass is 413 g/mol. The van der Waals surface area contributed by atoms with E-state index in [2.05, 4.69) is 10.6 Å². The average Bonchev–Trinajstić information content (AvgIpc) is 3.37. The zero-order valence-corrected chi connectivity index (χ0v) is 16.8. The maximum Gasteiger partial charge on any atom is 0.319 e. The standard InChI is InChI=1S/C21H23N3O6/c1-27-16-6-14(7-17(9-16)28-2)23-21(26)22-10-13-5-20(25)24(11-13)15-3-4-18-19(8-15)30-12-29-18/h3-4,6-9,13H,5,10-12H2,1-2H3,(H2,22,23,26)/t13-/m0/s1. The van der Waals surface area contributed by atoms with Crippen LogP contribution in [0.5, 0.6) is 23.0 Å². The molecule has 0 radical (unpaired) electrons. The van der Waals surface area contributed by atoms with Crippen molar-refractivity contribution in [1.29, 1.82) is 0 Å². The molecule has 3 amide bonds. The lowest BCUT2D eigenvalue weighted by atomic mass is 10.1. The van der Waals surface area contributed by atoms with Gasteiger partial charge in [-0.2, -0.15) is 0 Å². The fourth-order valence-corrected chi connectivity index (χ4v) is 3.51. The molecule has 0 aliphatic carbocycles. The molecular formula is C21H23N3O6. The summed E-state index contributed by atoms with van der Waals surface area (Å²) in [5, 5.41) is 5.59. The summed E-state index contributed by atoms with van der Waals surface area (Å²) in [4.78, 5) is 26.5. The van der Waals surface area contributed by atoms with Crippen LogP contribution in [-0.4, -0.2) is 46.0 Å². The van der Waals surface area contributed by atoms with Crippen LogP contribution in [0, 0.1) is 5.92 Å². The number of urea groups is 1. The Labute approximate surface area is 173 Å². The minimum Gasteiger partial charge on any atom is -0.497 e. The molecule has 2 aromatic rings. The van der Waals surface area contributed by atoms with Gasteiger partial charge in [-0.15, -0.1) is 0 Å². The lowest BCUT2D eigenvalue weighted by Gasteiger charge is -2.17. The number of benzene rings is 2. The second kappa shape index (κ2) is 8.40. The van der Waals surface area contributed by atoms with E-state index in [1.165, 1.54) is 0 Å². The van der Waals surface area contributed by atoms with E-state index in [9.17, 15) is 9.59 Å². The maximum absolute atomic E-state index is 12.5. The SMILES string of the molecule is COc1cc(NC(=O)NC[C@@H]2CC(=O)N(c3ccc4c(c3)OCO4)C2)cc(OC)c1. The molecule has 2 aliphatic heterocycles. The van der Waals surface area contributed by atoms with E-state index in [1.807, 2.05) is 6.07 Å². The highest BCUT2D eigenvalue weighted by molar-refractivity contribution is 5.96. The summed E-state index contributed by atoms with van der Waals surface area (Å²) in [7, 11) is 3.09. The fraction of sp³-hybridized carbons (Fsp3) is 0.333. The predicted molar refractivity (Wildman–Crippen MR) is 110 cm³/mol. The number of ether oxygens (including phenoxy) is 4. The number of anilines is 2. The molecule has 2 N–H and O–H groups in total. The molecule has 158 valence electrons. The van der Waals surface area contributed by atoms with E-state index in [0.717, 1.165) is 5.69 Å². The Balaban J connectivity index is 1.32. The van der Waals surface area contributed by atoms with Crippen LogP contribution < -0.4 is 34.5 Å². The largest absolute Gasteiger partial charge is 0.497 e. The van der Waals surface area contributed by atoms with Crippen LogP contribution in [-0.2, 0) is 4.79 Å². The second-order valence-electron chi connectivity index (χ2n) is 7.05. The molecule has 0 saturated carbocycles. The summed E-state index contributed by atoms with van der Waals surface area (Å²) in [6, 6.07) is 10.2. The maximum atomic E-state index is 12.5. The number of nitrogens with zero attached hydrogens (tertiary/aromatic N) is 1. The van der Waals surface area contributed by atoms with Gasteiger partial charge in [0, 0.05) is 61.1 Å². The van der Waals surface area contributed by atoms with Gasteiger partial charge in [0.15, 0.2) is 11.5 Å². The van der Waals surface area contributed by atoms with E-state index in [-0.39, 0.29) is 24.6 Å². The van der Waals surface area contributed by atoms with E-state index in [1.54, 1.807) is 49.5 Å². The number of hydrogen-bond donors (Lipinski definition) is 2. The number of fused-ring (bicyclic) bond motifs is 1. The van der Waals surface area contributed by atoms with Crippen molar-refractivity contribution in [1.82, 2.24) is 5.32 Å². The summed E-state index contributed by atoms with van der Waals surface area (Å²) in [6.45, 7) is 1.08. The molecule has 1 atom stereocenters. The Kier molecular flexibility index (Phi) is 5.51. The van der Waals surface area contributed by atoms with Gasteiger partial charge in [0.05, 0.1) is 14.2 Å². The molecule has 30 heavy (non-hydrogen) atoms. The first kappa shape index (κ1) is 19.7. The third-order valence-corrected chi connectivity index (χ3v) is 5.03. The molecule has 1 fully saturated rings. The smallest absolute Gasteiger partial charge is 0.319 e. The summed E-state index contributed by atoms with van der Waals surface area (Å²) >= 11 is 0. The molecule has 9 nitrogen and oxygen atoms in total. The van der Waals surface area contributed by atoms with Crippen LogP contribution in [0.3, 0.4) is 0 Å². The summed E-state index contributed by atoms with van der Waals surface area (Å²) in [5.74, 6) is 2.48. The molecule has 4 rings (SSSR count). The van der Waals surface area contributed by atoms with Crippen LogP contribution in [0.2, 0.25) is 0 Å². The van der Waals surface area contributed by atoms with E-state index in [4.69, 9.17) is 18.9 Å². The van der Waals surface area contributed by atoms with Crippen molar-refractivity contribution >= 4 is 23.3 Å². The highest BCUT2D eigenvalue weighted by Crippen LogP contribution is 2.37. The fourth-order valence-electron chi connectivity index (χ4n) is 3.51. The van der Waals surface area contributed by atoms with Gasteiger partial charge in [0.2, 0.25) is 12.7 Å². The molecular weight excluding hydrogens is 390 g/mol. The Morgan fingerprint density at radius 3 is 2.57 bits per heavy atom. The topological polar surface area (TPSA) is 98.4 Å². The van der Waals surface area contributed by atoms with Gasteiger partial charge < -0.3 is 34.5 Å². The Morgan fingerprint density at radius 2 is 1.83 bits per heavy atom. The average molecular weight is 413 g/mol. The van der Waals surface area contributed by atoms with Crippen molar-refractivity contribution in [3.05, 3.63) is 36.4 Å². The van der Waals surface area contributed by atoms with E-state index < -0.39 is 0 Å². The van der Waals surface area contributed by atoms with Crippen LogP contribution in [0.25, 0.3) is 0 Å². The molecule has 9 heteroatoms. The number of methoxy groups -OCH3 is 2. The van der Waals surface area contributed by atoms with Crippen LogP contribution in [0.15, 0.2) is 36.4 Å². The number of nitrogens with one attached hydrogen (secondary N) is 2.